The molecule has 5 heteroatoms. The number of benzene rings is 2. The van der Waals surface area contributed by atoms with Gasteiger partial charge in [0.15, 0.2) is 0 Å². The summed E-state index contributed by atoms with van der Waals surface area (Å²) >= 11 is 5.03. The molecule has 2 aromatic rings. The summed E-state index contributed by atoms with van der Waals surface area (Å²) in [6.45, 7) is 2.70. The molecule has 0 bridgehead atoms. The van der Waals surface area contributed by atoms with Crippen LogP contribution in [0.2, 0.25) is 0 Å². The van der Waals surface area contributed by atoms with Gasteiger partial charge >= 0.3 is 0 Å². The van der Waals surface area contributed by atoms with E-state index >= 15 is 0 Å². The van der Waals surface area contributed by atoms with E-state index in [9.17, 15) is 4.79 Å². The van der Waals surface area contributed by atoms with Crippen molar-refractivity contribution in [1.29, 1.82) is 0 Å². The topological polar surface area (TPSA) is 38.3 Å². The third-order valence-corrected chi connectivity index (χ3v) is 5.46. The molecule has 1 unspecified atom stereocenters. The Hall–Kier alpha value is -1.46. The van der Waals surface area contributed by atoms with Gasteiger partial charge in [-0.3, -0.25) is 4.79 Å². The number of nitrogens with one attached hydrogen (secondary N) is 1. The molecule has 0 saturated heterocycles. The van der Waals surface area contributed by atoms with Crippen molar-refractivity contribution in [2.24, 2.45) is 0 Å². The van der Waals surface area contributed by atoms with Gasteiger partial charge in [-0.2, -0.15) is 0 Å². The van der Waals surface area contributed by atoms with Gasteiger partial charge < -0.3 is 10.1 Å². The monoisotopic (exact) mass is 391 g/mol. The molecular formula is C18H18BrNO2S. The van der Waals surface area contributed by atoms with E-state index in [4.69, 9.17) is 4.74 Å². The fourth-order valence-electron chi connectivity index (χ4n) is 2.65. The quantitative estimate of drug-likeness (QED) is 0.780. The number of thioether (sulfide) groups is 1. The molecule has 0 aromatic heterocycles. The van der Waals surface area contributed by atoms with Crippen LogP contribution in [0.5, 0.6) is 5.75 Å². The molecule has 3 rings (SSSR count). The van der Waals surface area contributed by atoms with Crippen molar-refractivity contribution < 1.29 is 9.53 Å². The number of carbonyl (C=O) groups is 1. The van der Waals surface area contributed by atoms with Crippen LogP contribution in [0.1, 0.15) is 23.6 Å². The van der Waals surface area contributed by atoms with Gasteiger partial charge in [0.2, 0.25) is 5.91 Å². The van der Waals surface area contributed by atoms with Gasteiger partial charge in [-0.05, 0) is 36.8 Å². The number of halogens is 1. The molecule has 0 saturated carbocycles. The van der Waals surface area contributed by atoms with E-state index in [1.807, 2.05) is 36.4 Å². The Morgan fingerprint density at radius 2 is 2.17 bits per heavy atom. The van der Waals surface area contributed by atoms with Gasteiger partial charge in [0.05, 0.1) is 18.4 Å². The Bertz CT molecular complexity index is 720. The second-order valence-electron chi connectivity index (χ2n) is 5.49. The van der Waals surface area contributed by atoms with Crippen molar-refractivity contribution in [2.45, 2.75) is 24.3 Å². The average Bonchev–Trinajstić information content (AvgIpc) is 2.54. The van der Waals surface area contributed by atoms with Crippen LogP contribution in [0.4, 0.5) is 0 Å². The number of carbonyl (C=O) groups excluding carboxylic acids is 1. The van der Waals surface area contributed by atoms with Crippen molar-refractivity contribution in [2.75, 3.05) is 12.4 Å². The van der Waals surface area contributed by atoms with E-state index in [2.05, 4.69) is 34.2 Å². The third kappa shape index (κ3) is 4.09. The van der Waals surface area contributed by atoms with Crippen molar-refractivity contribution >= 4 is 33.6 Å². The highest BCUT2D eigenvalue weighted by molar-refractivity contribution is 9.10. The Morgan fingerprint density at radius 1 is 1.35 bits per heavy atom. The van der Waals surface area contributed by atoms with Crippen molar-refractivity contribution in [3.63, 3.8) is 0 Å². The van der Waals surface area contributed by atoms with Crippen LogP contribution in [0.3, 0.4) is 0 Å². The summed E-state index contributed by atoms with van der Waals surface area (Å²) in [5.74, 6) is 1.35. The number of hydrogen-bond acceptors (Lipinski definition) is 3. The first kappa shape index (κ1) is 16.4. The first-order valence-electron chi connectivity index (χ1n) is 7.53. The molecule has 1 aliphatic rings. The van der Waals surface area contributed by atoms with E-state index in [1.165, 1.54) is 5.56 Å². The number of fused-ring (bicyclic) bond motifs is 1. The molecule has 2 aromatic carbocycles. The van der Waals surface area contributed by atoms with Crippen LogP contribution >= 0.6 is 27.7 Å². The molecule has 1 atom stereocenters. The van der Waals surface area contributed by atoms with Crippen LogP contribution in [0.25, 0.3) is 0 Å². The predicted octanol–water partition coefficient (Wildman–Crippen LogP) is 4.49. The van der Waals surface area contributed by atoms with E-state index in [0.29, 0.717) is 12.4 Å². The highest BCUT2D eigenvalue weighted by atomic mass is 79.9. The Labute approximate surface area is 148 Å². The summed E-state index contributed by atoms with van der Waals surface area (Å²) in [7, 11) is 0. The molecule has 1 amide bonds. The Morgan fingerprint density at radius 3 is 3.00 bits per heavy atom. The largest absolute Gasteiger partial charge is 0.493 e. The van der Waals surface area contributed by atoms with Crippen LogP contribution < -0.4 is 10.1 Å². The highest BCUT2D eigenvalue weighted by Crippen LogP contribution is 2.32. The van der Waals surface area contributed by atoms with E-state index in [0.717, 1.165) is 27.1 Å². The number of rotatable bonds is 4. The maximum absolute atomic E-state index is 12.3. The molecule has 0 aliphatic carbocycles. The molecule has 3 nitrogen and oxygen atoms in total. The molecule has 0 spiro atoms. The Balaban J connectivity index is 1.60. The van der Waals surface area contributed by atoms with Crippen molar-refractivity contribution in [3.05, 3.63) is 58.1 Å². The van der Waals surface area contributed by atoms with E-state index in [1.54, 1.807) is 11.8 Å². The first-order chi connectivity index (χ1) is 11.1. The standard InChI is InChI=1S/C18H18BrNO2S/c1-12-10-13(19)6-7-17(12)23-11-18(21)20-15-8-9-22-16-5-3-2-4-14(15)16/h2-7,10,15H,8-9,11H2,1H3,(H,20,21). The molecule has 120 valence electrons. The lowest BCUT2D eigenvalue weighted by Gasteiger charge is -2.26. The summed E-state index contributed by atoms with van der Waals surface area (Å²) in [6.07, 6.45) is 0.810. The van der Waals surface area contributed by atoms with Crippen LogP contribution in [-0.4, -0.2) is 18.3 Å². The summed E-state index contributed by atoms with van der Waals surface area (Å²) in [5, 5.41) is 3.13. The van der Waals surface area contributed by atoms with Crippen LogP contribution in [0, 0.1) is 6.92 Å². The van der Waals surface area contributed by atoms with Gasteiger partial charge in [-0.25, -0.2) is 0 Å². The number of hydrogen-bond donors (Lipinski definition) is 1. The SMILES string of the molecule is Cc1cc(Br)ccc1SCC(=O)NC1CCOc2ccccc21. The zero-order chi connectivity index (χ0) is 16.2. The maximum atomic E-state index is 12.3. The highest BCUT2D eigenvalue weighted by Gasteiger charge is 2.22. The van der Waals surface area contributed by atoms with Gasteiger partial charge in [0.1, 0.15) is 5.75 Å². The number of para-hydroxylation sites is 1. The fraction of sp³-hybridized carbons (Fsp3) is 0.278. The average molecular weight is 392 g/mol. The smallest absolute Gasteiger partial charge is 0.230 e. The molecule has 1 heterocycles. The minimum absolute atomic E-state index is 0.0408. The molecular weight excluding hydrogens is 374 g/mol. The molecule has 0 fully saturated rings. The first-order valence-corrected chi connectivity index (χ1v) is 9.31. The fourth-order valence-corrected chi connectivity index (χ4v) is 3.94. The third-order valence-electron chi connectivity index (χ3n) is 3.79. The zero-order valence-electron chi connectivity index (χ0n) is 12.8. The molecule has 1 aliphatic heterocycles. The maximum Gasteiger partial charge on any atom is 0.230 e. The number of aryl methyl sites for hydroxylation is 1. The second-order valence-corrected chi connectivity index (χ2v) is 7.43. The summed E-state index contributed by atoms with van der Waals surface area (Å²) < 4.78 is 6.69. The minimum atomic E-state index is 0.0408. The lowest BCUT2D eigenvalue weighted by atomic mass is 10.0. The van der Waals surface area contributed by atoms with Gasteiger partial charge in [0.25, 0.3) is 0 Å². The van der Waals surface area contributed by atoms with Gasteiger partial charge in [-0.15, -0.1) is 11.8 Å². The zero-order valence-corrected chi connectivity index (χ0v) is 15.2. The molecule has 1 N–H and O–H groups in total. The van der Waals surface area contributed by atoms with Gasteiger partial charge in [0, 0.05) is 21.4 Å². The van der Waals surface area contributed by atoms with Crippen molar-refractivity contribution in [1.82, 2.24) is 5.32 Å². The second kappa shape index (κ2) is 7.41. The summed E-state index contributed by atoms with van der Waals surface area (Å²) in [4.78, 5) is 13.4. The normalized spacial score (nSPS) is 16.3. The predicted molar refractivity (Wildman–Crippen MR) is 97.0 cm³/mol. The van der Waals surface area contributed by atoms with Crippen LogP contribution in [0.15, 0.2) is 51.8 Å². The molecule has 0 radical (unpaired) electrons. The molecule has 23 heavy (non-hydrogen) atoms. The van der Waals surface area contributed by atoms with E-state index in [-0.39, 0.29) is 11.9 Å². The minimum Gasteiger partial charge on any atom is -0.493 e. The van der Waals surface area contributed by atoms with E-state index < -0.39 is 0 Å². The lowest BCUT2D eigenvalue weighted by molar-refractivity contribution is -0.119. The Kier molecular flexibility index (Phi) is 5.28. The number of amides is 1. The summed E-state index contributed by atoms with van der Waals surface area (Å²) in [6, 6.07) is 14.1. The number of ether oxygens (including phenoxy) is 1. The lowest BCUT2D eigenvalue weighted by Crippen LogP contribution is -2.33. The van der Waals surface area contributed by atoms with Crippen LogP contribution in [-0.2, 0) is 4.79 Å². The van der Waals surface area contributed by atoms with Crippen molar-refractivity contribution in [3.8, 4) is 5.75 Å². The summed E-state index contributed by atoms with van der Waals surface area (Å²) in [5.41, 5.74) is 2.24. The van der Waals surface area contributed by atoms with Gasteiger partial charge in [-0.1, -0.05) is 34.1 Å².